The Balaban J connectivity index is 2.74. The summed E-state index contributed by atoms with van der Waals surface area (Å²) >= 11 is 0. The molecule has 0 saturated heterocycles. The summed E-state index contributed by atoms with van der Waals surface area (Å²) in [4.78, 5) is 3.45. The first kappa shape index (κ1) is 11.0. The standard InChI is InChI=1S/C7H7BF3NO2/c9-7(10,11)3-6-2-1-5(4-12-6)8(13)14/h1-2,4,13-14H,3H2. The fraction of sp³-hybridized carbons (Fsp3) is 0.286. The molecule has 0 aliphatic rings. The predicted molar refractivity (Wildman–Crippen MR) is 43.8 cm³/mol. The smallest absolute Gasteiger partial charge is 0.423 e. The molecular weight excluding hydrogens is 198 g/mol. The van der Waals surface area contributed by atoms with Crippen LogP contribution in [0, 0.1) is 0 Å². The van der Waals surface area contributed by atoms with Crippen molar-refractivity contribution in [3.63, 3.8) is 0 Å². The average Bonchev–Trinajstić information content (AvgIpc) is 2.02. The lowest BCUT2D eigenvalue weighted by Gasteiger charge is -2.05. The van der Waals surface area contributed by atoms with Crippen LogP contribution in [0.4, 0.5) is 13.2 Å². The van der Waals surface area contributed by atoms with Crippen molar-refractivity contribution in [2.24, 2.45) is 0 Å². The highest BCUT2D eigenvalue weighted by molar-refractivity contribution is 6.58. The summed E-state index contributed by atoms with van der Waals surface area (Å²) in [7, 11) is -1.71. The van der Waals surface area contributed by atoms with Gasteiger partial charge in [-0.25, -0.2) is 0 Å². The number of hydrogen-bond donors (Lipinski definition) is 2. The molecule has 0 amide bonds. The lowest BCUT2D eigenvalue weighted by Crippen LogP contribution is -2.30. The zero-order valence-corrected chi connectivity index (χ0v) is 6.99. The van der Waals surface area contributed by atoms with Crippen molar-refractivity contribution in [2.75, 3.05) is 0 Å². The Morgan fingerprint density at radius 2 is 1.93 bits per heavy atom. The van der Waals surface area contributed by atoms with Gasteiger partial charge in [0, 0.05) is 17.4 Å². The number of alkyl halides is 3. The molecule has 1 rings (SSSR count). The highest BCUT2D eigenvalue weighted by Crippen LogP contribution is 2.19. The molecule has 3 nitrogen and oxygen atoms in total. The maximum atomic E-state index is 11.9. The van der Waals surface area contributed by atoms with Crippen LogP contribution in [-0.4, -0.2) is 28.3 Å². The van der Waals surface area contributed by atoms with Crippen molar-refractivity contribution in [3.05, 3.63) is 24.0 Å². The number of aromatic nitrogens is 1. The van der Waals surface area contributed by atoms with Gasteiger partial charge >= 0.3 is 13.3 Å². The Morgan fingerprint density at radius 3 is 2.29 bits per heavy atom. The van der Waals surface area contributed by atoms with Gasteiger partial charge in [0.05, 0.1) is 6.42 Å². The topological polar surface area (TPSA) is 53.4 Å². The minimum absolute atomic E-state index is 0.0657. The third-order valence-corrected chi connectivity index (χ3v) is 1.53. The molecule has 0 bridgehead atoms. The Labute approximate surface area is 78.4 Å². The Morgan fingerprint density at radius 1 is 1.29 bits per heavy atom. The lowest BCUT2D eigenvalue weighted by atomic mass is 9.81. The van der Waals surface area contributed by atoms with E-state index in [2.05, 4.69) is 4.98 Å². The van der Waals surface area contributed by atoms with Crippen LogP contribution in [0.15, 0.2) is 18.3 Å². The lowest BCUT2D eigenvalue weighted by molar-refractivity contribution is -0.127. The minimum atomic E-state index is -4.30. The third kappa shape index (κ3) is 3.35. The van der Waals surface area contributed by atoms with E-state index in [9.17, 15) is 13.2 Å². The van der Waals surface area contributed by atoms with Crippen LogP contribution in [0.25, 0.3) is 0 Å². The summed E-state index contributed by atoms with van der Waals surface area (Å²) in [5, 5.41) is 17.3. The molecule has 1 heterocycles. The minimum Gasteiger partial charge on any atom is -0.423 e. The number of nitrogens with zero attached hydrogens (tertiary/aromatic N) is 1. The zero-order chi connectivity index (χ0) is 10.8. The monoisotopic (exact) mass is 205 g/mol. The second-order valence-corrected chi connectivity index (χ2v) is 2.75. The molecule has 0 fully saturated rings. The molecule has 0 aliphatic carbocycles. The van der Waals surface area contributed by atoms with E-state index in [1.54, 1.807) is 0 Å². The largest absolute Gasteiger partial charge is 0.490 e. The maximum Gasteiger partial charge on any atom is 0.490 e. The van der Waals surface area contributed by atoms with Gasteiger partial charge in [0.2, 0.25) is 0 Å². The number of rotatable bonds is 2. The molecule has 1 aromatic heterocycles. The molecule has 0 atom stereocenters. The normalized spacial score (nSPS) is 11.5. The van der Waals surface area contributed by atoms with Crippen molar-refractivity contribution >= 4 is 12.6 Å². The van der Waals surface area contributed by atoms with Crippen molar-refractivity contribution in [3.8, 4) is 0 Å². The Bertz CT molecular complexity index is 299. The van der Waals surface area contributed by atoms with Crippen molar-refractivity contribution in [1.29, 1.82) is 0 Å². The zero-order valence-electron chi connectivity index (χ0n) is 6.99. The summed E-state index contributed by atoms with van der Waals surface area (Å²) in [6, 6.07) is 2.31. The SMILES string of the molecule is OB(O)c1ccc(CC(F)(F)F)nc1. The second-order valence-electron chi connectivity index (χ2n) is 2.75. The van der Waals surface area contributed by atoms with E-state index in [1.165, 1.54) is 6.07 Å². The Hall–Kier alpha value is -1.08. The summed E-state index contributed by atoms with van der Waals surface area (Å²) in [5.74, 6) is 0. The van der Waals surface area contributed by atoms with E-state index in [-0.39, 0.29) is 11.2 Å². The van der Waals surface area contributed by atoms with E-state index in [4.69, 9.17) is 10.0 Å². The van der Waals surface area contributed by atoms with Gasteiger partial charge in [-0.05, 0) is 6.07 Å². The van der Waals surface area contributed by atoms with Gasteiger partial charge in [0.15, 0.2) is 0 Å². The molecule has 7 heteroatoms. The van der Waals surface area contributed by atoms with Crippen molar-refractivity contribution in [1.82, 2.24) is 4.98 Å². The molecule has 1 aromatic rings. The first-order chi connectivity index (χ1) is 6.38. The van der Waals surface area contributed by atoms with Gasteiger partial charge in [-0.3, -0.25) is 4.98 Å². The van der Waals surface area contributed by atoms with Gasteiger partial charge in [0.25, 0.3) is 0 Å². The molecule has 0 aromatic carbocycles. The third-order valence-electron chi connectivity index (χ3n) is 1.53. The summed E-state index contributed by atoms with van der Waals surface area (Å²) in [5.41, 5.74) is -0.0853. The number of hydrogen-bond acceptors (Lipinski definition) is 3. The summed E-state index contributed by atoms with van der Waals surface area (Å²) in [6.07, 6.45) is -4.41. The molecular formula is C7H7BF3NO2. The van der Waals surface area contributed by atoms with E-state index in [0.29, 0.717) is 0 Å². The quantitative estimate of drug-likeness (QED) is 0.661. The summed E-state index contributed by atoms with van der Waals surface area (Å²) in [6.45, 7) is 0. The van der Waals surface area contributed by atoms with E-state index >= 15 is 0 Å². The van der Waals surface area contributed by atoms with Gasteiger partial charge in [-0.1, -0.05) is 6.07 Å². The van der Waals surface area contributed by atoms with Crippen molar-refractivity contribution < 1.29 is 23.2 Å². The number of halogens is 3. The van der Waals surface area contributed by atoms with Gasteiger partial charge in [0.1, 0.15) is 0 Å². The van der Waals surface area contributed by atoms with E-state index < -0.39 is 19.7 Å². The average molecular weight is 205 g/mol. The highest BCUT2D eigenvalue weighted by Gasteiger charge is 2.28. The molecule has 0 radical (unpaired) electrons. The van der Waals surface area contributed by atoms with Crippen molar-refractivity contribution in [2.45, 2.75) is 12.6 Å². The fourth-order valence-corrected chi connectivity index (χ4v) is 0.899. The first-order valence-electron chi connectivity index (χ1n) is 3.76. The number of pyridine rings is 1. The Kier molecular flexibility index (Phi) is 3.12. The molecule has 0 spiro atoms. The van der Waals surface area contributed by atoms with Crippen LogP contribution in [0.1, 0.15) is 5.69 Å². The van der Waals surface area contributed by atoms with E-state index in [0.717, 1.165) is 12.3 Å². The van der Waals surface area contributed by atoms with Gasteiger partial charge < -0.3 is 10.0 Å². The first-order valence-corrected chi connectivity index (χ1v) is 3.76. The molecule has 76 valence electrons. The molecule has 14 heavy (non-hydrogen) atoms. The van der Waals surface area contributed by atoms with Crippen LogP contribution >= 0.6 is 0 Å². The highest BCUT2D eigenvalue weighted by atomic mass is 19.4. The van der Waals surface area contributed by atoms with E-state index in [1.807, 2.05) is 0 Å². The molecule has 0 saturated carbocycles. The molecule has 0 unspecified atom stereocenters. The second kappa shape index (κ2) is 3.97. The van der Waals surface area contributed by atoms with Gasteiger partial charge in [-0.15, -0.1) is 0 Å². The van der Waals surface area contributed by atoms with Crippen LogP contribution in [-0.2, 0) is 6.42 Å². The van der Waals surface area contributed by atoms with Crippen LogP contribution in [0.2, 0.25) is 0 Å². The van der Waals surface area contributed by atoms with Gasteiger partial charge in [-0.2, -0.15) is 13.2 Å². The van der Waals surface area contributed by atoms with Crippen LogP contribution < -0.4 is 5.46 Å². The maximum absolute atomic E-state index is 11.9. The summed E-state index contributed by atoms with van der Waals surface area (Å²) < 4.78 is 35.6. The molecule has 0 aliphatic heterocycles. The molecule has 2 N–H and O–H groups in total. The van der Waals surface area contributed by atoms with Crippen LogP contribution in [0.3, 0.4) is 0 Å². The fourth-order valence-electron chi connectivity index (χ4n) is 0.899. The predicted octanol–water partition coefficient (Wildman–Crippen LogP) is -0.134. The van der Waals surface area contributed by atoms with Crippen LogP contribution in [0.5, 0.6) is 0 Å².